The molecule has 0 amide bonds. The van der Waals surface area contributed by atoms with Gasteiger partial charge in [0.05, 0.1) is 0 Å². The molecule has 4 aliphatic carbocycles. The zero-order valence-electron chi connectivity index (χ0n) is 14.4. The smallest absolute Gasteiger partial charge is 0.139 e. The number of Topliss-reactive ketones (excluding diaryl/α,β-unsaturated/α-hetero) is 1. The number of ketones is 1. The van der Waals surface area contributed by atoms with E-state index in [0.29, 0.717) is 27.9 Å². The van der Waals surface area contributed by atoms with Crippen molar-refractivity contribution >= 4 is 5.78 Å². The summed E-state index contributed by atoms with van der Waals surface area (Å²) < 4.78 is 0. The van der Waals surface area contributed by atoms with Gasteiger partial charge in [-0.15, -0.1) is 0 Å². The van der Waals surface area contributed by atoms with Crippen LogP contribution in [0.25, 0.3) is 0 Å². The lowest BCUT2D eigenvalue weighted by Gasteiger charge is -2.66. The molecule has 4 fully saturated rings. The molecule has 118 valence electrons. The monoisotopic (exact) mass is 288 g/mol. The van der Waals surface area contributed by atoms with Crippen LogP contribution in [0, 0.1) is 33.5 Å². The quantitative estimate of drug-likeness (QED) is 0.585. The Morgan fingerprint density at radius 1 is 0.952 bits per heavy atom. The molecule has 0 radical (unpaired) electrons. The van der Waals surface area contributed by atoms with Crippen molar-refractivity contribution in [3.05, 3.63) is 0 Å². The van der Waals surface area contributed by atoms with Crippen molar-refractivity contribution in [2.24, 2.45) is 33.5 Å². The molecule has 4 saturated carbocycles. The van der Waals surface area contributed by atoms with E-state index in [4.69, 9.17) is 0 Å². The second kappa shape index (κ2) is 3.95. The molecule has 2 bridgehead atoms. The van der Waals surface area contributed by atoms with Gasteiger partial charge in [-0.2, -0.15) is 0 Å². The van der Waals surface area contributed by atoms with Crippen LogP contribution in [0.5, 0.6) is 0 Å². The molecule has 0 N–H and O–H groups in total. The Morgan fingerprint density at radius 2 is 1.71 bits per heavy atom. The molecule has 0 saturated heterocycles. The van der Waals surface area contributed by atoms with Gasteiger partial charge in [-0.3, -0.25) is 4.79 Å². The zero-order valence-corrected chi connectivity index (χ0v) is 14.4. The van der Waals surface area contributed by atoms with E-state index < -0.39 is 0 Å². The van der Waals surface area contributed by atoms with Gasteiger partial charge in [0.2, 0.25) is 0 Å². The van der Waals surface area contributed by atoms with Crippen molar-refractivity contribution < 1.29 is 4.79 Å². The normalized spacial score (nSPS) is 55.0. The first-order valence-electron chi connectivity index (χ1n) is 9.27. The van der Waals surface area contributed by atoms with Crippen molar-refractivity contribution in [3.8, 4) is 0 Å². The van der Waals surface area contributed by atoms with Gasteiger partial charge in [0.25, 0.3) is 0 Å². The van der Waals surface area contributed by atoms with Gasteiger partial charge >= 0.3 is 0 Å². The molecule has 0 aromatic rings. The summed E-state index contributed by atoms with van der Waals surface area (Å²) in [4.78, 5) is 12.6. The second-order valence-electron chi connectivity index (χ2n) is 10.1. The highest BCUT2D eigenvalue weighted by atomic mass is 16.1. The molecule has 0 unspecified atom stereocenters. The van der Waals surface area contributed by atoms with Gasteiger partial charge in [-0.05, 0) is 73.0 Å². The van der Waals surface area contributed by atoms with E-state index in [1.54, 1.807) is 0 Å². The summed E-state index contributed by atoms with van der Waals surface area (Å²) in [7, 11) is 0. The third-order valence-electron chi connectivity index (χ3n) is 8.89. The number of rotatable bonds is 0. The van der Waals surface area contributed by atoms with Gasteiger partial charge in [-0.25, -0.2) is 0 Å². The lowest BCUT2D eigenvalue weighted by Crippen LogP contribution is -2.59. The Kier molecular flexibility index (Phi) is 2.68. The summed E-state index contributed by atoms with van der Waals surface area (Å²) in [6.45, 7) is 9.95. The molecule has 1 nitrogen and oxygen atoms in total. The van der Waals surface area contributed by atoms with Gasteiger partial charge in [-0.1, -0.05) is 34.1 Å². The molecule has 4 aliphatic rings. The minimum Gasteiger partial charge on any atom is -0.299 e. The Bertz CT molecular complexity index is 492. The lowest BCUT2D eigenvalue weighted by atomic mass is 9.38. The largest absolute Gasteiger partial charge is 0.299 e. The van der Waals surface area contributed by atoms with E-state index in [9.17, 15) is 4.79 Å². The van der Waals surface area contributed by atoms with Crippen LogP contribution in [0.4, 0.5) is 0 Å². The van der Waals surface area contributed by atoms with Gasteiger partial charge < -0.3 is 0 Å². The average Bonchev–Trinajstić information content (AvgIpc) is 2.70. The van der Waals surface area contributed by atoms with Crippen LogP contribution in [0.15, 0.2) is 0 Å². The number of carbonyl (C=O) groups is 1. The molecule has 5 atom stereocenters. The highest BCUT2D eigenvalue weighted by Gasteiger charge is 2.68. The number of carbonyl (C=O) groups excluding carboxylic acids is 1. The van der Waals surface area contributed by atoms with E-state index >= 15 is 0 Å². The second-order valence-corrected chi connectivity index (χ2v) is 10.1. The van der Waals surface area contributed by atoms with Crippen LogP contribution in [0.2, 0.25) is 0 Å². The fourth-order valence-corrected chi connectivity index (χ4v) is 7.75. The Hall–Kier alpha value is -0.330. The number of fused-ring (bicyclic) bond motifs is 2. The van der Waals surface area contributed by atoms with Crippen molar-refractivity contribution in [1.29, 1.82) is 0 Å². The first-order valence-corrected chi connectivity index (χ1v) is 9.27. The highest BCUT2D eigenvalue weighted by molar-refractivity contribution is 5.86. The summed E-state index contributed by atoms with van der Waals surface area (Å²) in [5, 5.41) is 0. The van der Waals surface area contributed by atoms with Crippen molar-refractivity contribution in [3.63, 3.8) is 0 Å². The van der Waals surface area contributed by atoms with Crippen LogP contribution in [0.1, 0.15) is 85.5 Å². The predicted molar refractivity (Wildman–Crippen MR) is 86.0 cm³/mol. The molecule has 1 heteroatoms. The van der Waals surface area contributed by atoms with Crippen LogP contribution in [0.3, 0.4) is 0 Å². The van der Waals surface area contributed by atoms with Crippen molar-refractivity contribution in [1.82, 2.24) is 0 Å². The fraction of sp³-hybridized carbons (Fsp3) is 0.950. The van der Waals surface area contributed by atoms with Crippen LogP contribution >= 0.6 is 0 Å². The maximum atomic E-state index is 12.6. The first-order chi connectivity index (χ1) is 9.74. The average molecular weight is 288 g/mol. The van der Waals surface area contributed by atoms with Crippen molar-refractivity contribution in [2.75, 3.05) is 0 Å². The van der Waals surface area contributed by atoms with E-state index in [1.807, 2.05) is 0 Å². The van der Waals surface area contributed by atoms with E-state index in [1.165, 1.54) is 51.4 Å². The summed E-state index contributed by atoms with van der Waals surface area (Å²) in [6, 6.07) is 0. The molecule has 21 heavy (non-hydrogen) atoms. The van der Waals surface area contributed by atoms with Crippen LogP contribution in [-0.2, 0) is 4.79 Å². The standard InChI is InChI=1S/C20H32O/c1-17(2)8-5-9-19(4)15(17)7-6-14-12-16(21)18(3)10-11-20(14,19)13-18/h14-15H,5-13H2,1-4H3/t14-,15-,18+,19-,20-/m0/s1. The van der Waals surface area contributed by atoms with Crippen LogP contribution in [-0.4, -0.2) is 5.78 Å². The molecule has 0 heterocycles. The molecule has 0 aromatic heterocycles. The minimum absolute atomic E-state index is 0.0307. The van der Waals surface area contributed by atoms with E-state index in [0.717, 1.165) is 12.3 Å². The predicted octanol–water partition coefficient (Wildman–Crippen LogP) is 5.38. The Labute approximate surface area is 130 Å². The highest BCUT2D eigenvalue weighted by Crippen LogP contribution is 2.75. The zero-order chi connectivity index (χ0) is 15.1. The SMILES string of the molecule is CC1(C)CCC[C@@]2(C)[C@H]1CC[C@H]1CC(=O)[C@]3(C)CC[C@]12C3. The molecule has 1 spiro atoms. The maximum Gasteiger partial charge on any atom is 0.139 e. The summed E-state index contributed by atoms with van der Waals surface area (Å²) in [5.74, 6) is 2.18. The third-order valence-corrected chi connectivity index (χ3v) is 8.89. The topological polar surface area (TPSA) is 17.1 Å². The fourth-order valence-electron chi connectivity index (χ4n) is 7.75. The Morgan fingerprint density at radius 3 is 2.48 bits per heavy atom. The van der Waals surface area contributed by atoms with Gasteiger partial charge in [0.15, 0.2) is 0 Å². The Balaban J connectivity index is 1.81. The third kappa shape index (κ3) is 1.56. The number of hydrogen-bond donors (Lipinski definition) is 0. The van der Waals surface area contributed by atoms with E-state index in [2.05, 4.69) is 27.7 Å². The van der Waals surface area contributed by atoms with Crippen LogP contribution < -0.4 is 0 Å². The minimum atomic E-state index is 0.0307. The molecule has 0 aliphatic heterocycles. The van der Waals surface area contributed by atoms with Gasteiger partial charge in [0.1, 0.15) is 5.78 Å². The first kappa shape index (κ1) is 14.3. The van der Waals surface area contributed by atoms with E-state index in [-0.39, 0.29) is 5.41 Å². The van der Waals surface area contributed by atoms with Gasteiger partial charge in [0, 0.05) is 11.8 Å². The summed E-state index contributed by atoms with van der Waals surface area (Å²) >= 11 is 0. The van der Waals surface area contributed by atoms with Crippen molar-refractivity contribution in [2.45, 2.75) is 85.5 Å². The molecular weight excluding hydrogens is 256 g/mol. The summed E-state index contributed by atoms with van der Waals surface area (Å²) in [5.41, 5.74) is 1.53. The summed E-state index contributed by atoms with van der Waals surface area (Å²) in [6.07, 6.45) is 11.6. The maximum absolute atomic E-state index is 12.6. The molecule has 0 aromatic carbocycles. The number of hydrogen-bond acceptors (Lipinski definition) is 1. The lowest BCUT2D eigenvalue weighted by molar-refractivity contribution is -0.177. The molecular formula is C20H32O. The molecule has 4 rings (SSSR count).